The maximum atomic E-state index is 11.1. The van der Waals surface area contributed by atoms with Crippen LogP contribution in [0.5, 0.6) is 0 Å². The maximum absolute atomic E-state index is 11.1. The van der Waals surface area contributed by atoms with Crippen molar-refractivity contribution in [1.82, 2.24) is 10.6 Å². The van der Waals surface area contributed by atoms with E-state index in [1.807, 2.05) is 20.8 Å². The summed E-state index contributed by atoms with van der Waals surface area (Å²) in [6, 6.07) is 0. The van der Waals surface area contributed by atoms with Crippen LogP contribution >= 0.6 is 0 Å². The third-order valence-corrected chi connectivity index (χ3v) is 1.58. The van der Waals surface area contributed by atoms with Gasteiger partial charge in [-0.2, -0.15) is 0 Å². The number of rotatable bonds is 7. The van der Waals surface area contributed by atoms with E-state index >= 15 is 0 Å². The highest BCUT2D eigenvalue weighted by molar-refractivity contribution is 5.87. The van der Waals surface area contributed by atoms with Gasteiger partial charge in [0.15, 0.2) is 0 Å². The fourth-order valence-electron chi connectivity index (χ4n) is 0.855. The molecule has 0 radical (unpaired) electrons. The molecule has 1 amide bonds. The lowest BCUT2D eigenvalue weighted by atomic mass is 10.3. The molecule has 0 aromatic rings. The van der Waals surface area contributed by atoms with Gasteiger partial charge in [-0.3, -0.25) is 4.79 Å². The first-order valence-electron chi connectivity index (χ1n) is 5.89. The summed E-state index contributed by atoms with van der Waals surface area (Å²) in [7, 11) is 0. The van der Waals surface area contributed by atoms with Crippen molar-refractivity contribution in [3.05, 3.63) is 12.2 Å². The smallest absolute Gasteiger partial charge is 0.243 e. The molecule has 0 saturated heterocycles. The zero-order valence-corrected chi connectivity index (χ0v) is 10.7. The number of likely N-dealkylation sites (N-methyl/N-ethyl adjacent to an activating group) is 1. The first kappa shape index (κ1) is 17.1. The first-order valence-corrected chi connectivity index (χ1v) is 5.89. The van der Waals surface area contributed by atoms with Gasteiger partial charge in [-0.1, -0.05) is 26.8 Å². The van der Waals surface area contributed by atoms with E-state index in [-0.39, 0.29) is 5.91 Å². The van der Waals surface area contributed by atoms with Gasteiger partial charge in [0.25, 0.3) is 0 Å². The molecule has 0 rings (SSSR count). The highest BCUT2D eigenvalue weighted by Gasteiger charge is 1.92. The van der Waals surface area contributed by atoms with Gasteiger partial charge in [-0.15, -0.1) is 12.3 Å². The second-order valence-corrected chi connectivity index (χ2v) is 2.81. The summed E-state index contributed by atoms with van der Waals surface area (Å²) in [6.45, 7) is 8.31. The molecule has 2 N–H and O–H groups in total. The van der Waals surface area contributed by atoms with E-state index < -0.39 is 0 Å². The molecule has 0 aliphatic heterocycles. The number of nitrogens with one attached hydrogen (secondary N) is 2. The van der Waals surface area contributed by atoms with Crippen LogP contribution in [0.1, 0.15) is 33.6 Å². The van der Waals surface area contributed by atoms with Gasteiger partial charge in [-0.05, 0) is 13.0 Å². The fourth-order valence-corrected chi connectivity index (χ4v) is 0.855. The minimum Gasteiger partial charge on any atom is -0.353 e. The van der Waals surface area contributed by atoms with Crippen molar-refractivity contribution in [2.75, 3.05) is 19.6 Å². The Morgan fingerprint density at radius 2 is 2.12 bits per heavy atom. The normalized spacial score (nSPS) is 9.12. The lowest BCUT2D eigenvalue weighted by Gasteiger charge is -1.99. The zero-order chi connectivity index (χ0) is 12.6. The van der Waals surface area contributed by atoms with Gasteiger partial charge in [0.2, 0.25) is 5.91 Å². The summed E-state index contributed by atoms with van der Waals surface area (Å²) in [4.78, 5) is 11.1. The monoisotopic (exact) mass is 224 g/mol. The minimum atomic E-state index is -0.0556. The van der Waals surface area contributed by atoms with Crippen molar-refractivity contribution in [3.8, 4) is 12.3 Å². The first-order chi connectivity index (χ1) is 7.81. The molecular weight excluding hydrogens is 200 g/mol. The molecule has 0 aromatic carbocycles. The highest BCUT2D eigenvalue weighted by Crippen LogP contribution is 1.83. The van der Waals surface area contributed by atoms with Crippen LogP contribution in [0.3, 0.4) is 0 Å². The molecule has 0 aliphatic rings. The Balaban J connectivity index is 0. The number of carbonyl (C=O) groups excluding carboxylic acids is 1. The molecule has 0 aromatic heterocycles. The quantitative estimate of drug-likeness (QED) is 0.393. The lowest BCUT2D eigenvalue weighted by Crippen LogP contribution is -2.22. The number of carbonyl (C=O) groups is 1. The zero-order valence-electron chi connectivity index (χ0n) is 10.7. The van der Waals surface area contributed by atoms with Crippen molar-refractivity contribution < 1.29 is 4.79 Å². The van der Waals surface area contributed by atoms with E-state index in [0.29, 0.717) is 13.0 Å². The number of amides is 1. The van der Waals surface area contributed by atoms with Crippen molar-refractivity contribution in [2.24, 2.45) is 0 Å². The van der Waals surface area contributed by atoms with Gasteiger partial charge >= 0.3 is 0 Å². The highest BCUT2D eigenvalue weighted by atomic mass is 16.1. The van der Waals surface area contributed by atoms with Gasteiger partial charge < -0.3 is 10.6 Å². The van der Waals surface area contributed by atoms with E-state index in [2.05, 4.69) is 16.6 Å². The average Bonchev–Trinajstić information content (AvgIpc) is 2.33. The van der Waals surface area contributed by atoms with Crippen LogP contribution in [0, 0.1) is 12.3 Å². The molecule has 0 bridgehead atoms. The number of hydrogen-bond acceptors (Lipinski definition) is 2. The van der Waals surface area contributed by atoms with Crippen LogP contribution in [0.2, 0.25) is 0 Å². The summed E-state index contributed by atoms with van der Waals surface area (Å²) in [5, 5.41) is 5.83. The number of terminal acetylenes is 1. The topological polar surface area (TPSA) is 41.1 Å². The van der Waals surface area contributed by atoms with Crippen LogP contribution in [-0.4, -0.2) is 25.5 Å². The number of hydrogen-bond donors (Lipinski definition) is 2. The lowest BCUT2D eigenvalue weighted by molar-refractivity contribution is -0.116. The Kier molecular flexibility index (Phi) is 17.3. The van der Waals surface area contributed by atoms with Gasteiger partial charge in [0, 0.05) is 25.6 Å². The van der Waals surface area contributed by atoms with E-state index in [4.69, 9.17) is 6.42 Å². The number of unbranched alkanes of at least 4 members (excludes halogenated alkanes) is 1. The summed E-state index contributed by atoms with van der Waals surface area (Å²) >= 11 is 0. The van der Waals surface area contributed by atoms with E-state index in [1.54, 1.807) is 12.2 Å². The second kappa shape index (κ2) is 16.2. The van der Waals surface area contributed by atoms with Crippen molar-refractivity contribution in [2.45, 2.75) is 33.6 Å². The molecule has 16 heavy (non-hydrogen) atoms. The van der Waals surface area contributed by atoms with Crippen LogP contribution in [-0.2, 0) is 4.79 Å². The van der Waals surface area contributed by atoms with Gasteiger partial charge in [-0.25, -0.2) is 0 Å². The molecule has 3 nitrogen and oxygen atoms in total. The van der Waals surface area contributed by atoms with Crippen LogP contribution in [0.25, 0.3) is 0 Å². The summed E-state index contributed by atoms with van der Waals surface area (Å²) in [5.41, 5.74) is 0. The summed E-state index contributed by atoms with van der Waals surface area (Å²) in [6.07, 6.45) is 9.97. The molecule has 0 aliphatic carbocycles. The maximum Gasteiger partial charge on any atom is 0.243 e. The molecule has 0 fully saturated rings. The Hall–Kier alpha value is -1.27. The largest absolute Gasteiger partial charge is 0.353 e. The molecule has 0 heterocycles. The van der Waals surface area contributed by atoms with Crippen molar-refractivity contribution in [1.29, 1.82) is 0 Å². The van der Waals surface area contributed by atoms with E-state index in [0.717, 1.165) is 19.5 Å². The van der Waals surface area contributed by atoms with Crippen LogP contribution < -0.4 is 10.6 Å². The molecule has 0 unspecified atom stereocenters. The third kappa shape index (κ3) is 15.2. The third-order valence-electron chi connectivity index (χ3n) is 1.58. The predicted octanol–water partition coefficient (Wildman–Crippen LogP) is 1.71. The van der Waals surface area contributed by atoms with E-state index in [9.17, 15) is 4.79 Å². The molecule has 92 valence electrons. The van der Waals surface area contributed by atoms with Gasteiger partial charge in [0.05, 0.1) is 0 Å². The fraction of sp³-hybridized carbons (Fsp3) is 0.615. The Bertz CT molecular complexity index is 216. The Labute approximate surface area is 99.7 Å². The average molecular weight is 224 g/mol. The standard InChI is InChI=1S/C11H18N2O.C2H6/c1-3-5-6-10-13-11(14)8-7-9-12-4-2;1-2/h1,7-8,12H,4-6,9-10H2,2H3,(H,13,14);1-2H3/b8-7+;. The molecule has 0 saturated carbocycles. The summed E-state index contributed by atoms with van der Waals surface area (Å²) in [5.74, 6) is 2.47. The van der Waals surface area contributed by atoms with Crippen molar-refractivity contribution >= 4 is 5.91 Å². The second-order valence-electron chi connectivity index (χ2n) is 2.81. The van der Waals surface area contributed by atoms with E-state index in [1.165, 1.54) is 0 Å². The SMILES string of the molecule is C#CCCCNC(=O)/C=C/CNCC.CC. The molecule has 0 spiro atoms. The van der Waals surface area contributed by atoms with Crippen molar-refractivity contribution in [3.63, 3.8) is 0 Å². The molecule has 3 heteroatoms. The minimum absolute atomic E-state index is 0.0556. The van der Waals surface area contributed by atoms with Crippen LogP contribution in [0.15, 0.2) is 12.2 Å². The van der Waals surface area contributed by atoms with Gasteiger partial charge in [0.1, 0.15) is 0 Å². The van der Waals surface area contributed by atoms with Crippen LogP contribution in [0.4, 0.5) is 0 Å². The Morgan fingerprint density at radius 3 is 2.69 bits per heavy atom. The molecular formula is C13H24N2O. The molecule has 0 atom stereocenters. The predicted molar refractivity (Wildman–Crippen MR) is 70.1 cm³/mol. The summed E-state index contributed by atoms with van der Waals surface area (Å²) < 4.78 is 0. The Morgan fingerprint density at radius 1 is 1.44 bits per heavy atom.